The van der Waals surface area contributed by atoms with Gasteiger partial charge in [-0.1, -0.05) is 26.0 Å². The molecule has 0 radical (unpaired) electrons. The van der Waals surface area contributed by atoms with E-state index in [-0.39, 0.29) is 23.2 Å². The number of aromatic nitrogens is 1. The minimum atomic E-state index is -4.99. The van der Waals surface area contributed by atoms with Crippen LogP contribution in [-0.2, 0) is 19.9 Å². The maximum atomic E-state index is 13.6. The third-order valence-corrected chi connectivity index (χ3v) is 7.72. The van der Waals surface area contributed by atoms with Gasteiger partial charge in [-0.15, -0.1) is 13.2 Å². The molecular formula is C26H25F3N2O6S2. The highest BCUT2D eigenvalue weighted by Gasteiger charge is 2.32. The molecule has 0 spiro atoms. The molecule has 8 nitrogen and oxygen atoms in total. The lowest BCUT2D eigenvalue weighted by atomic mass is 10.2. The van der Waals surface area contributed by atoms with Crippen LogP contribution in [0.1, 0.15) is 13.8 Å². The molecule has 0 fully saturated rings. The van der Waals surface area contributed by atoms with E-state index in [1.807, 2.05) is 13.8 Å². The summed E-state index contributed by atoms with van der Waals surface area (Å²) < 4.78 is 103. The monoisotopic (exact) mass is 582 g/mol. The molecule has 4 rings (SSSR count). The molecule has 0 saturated heterocycles. The molecule has 39 heavy (non-hydrogen) atoms. The molecule has 1 aromatic heterocycles. The molecule has 0 amide bonds. The zero-order chi connectivity index (χ0) is 28.6. The number of nitrogens with zero attached hydrogens (tertiary/aromatic N) is 1. The second-order valence-electron chi connectivity index (χ2n) is 9.23. The van der Waals surface area contributed by atoms with Crippen molar-refractivity contribution in [3.63, 3.8) is 0 Å². The van der Waals surface area contributed by atoms with Crippen molar-refractivity contribution < 1.29 is 39.5 Å². The quantitative estimate of drug-likeness (QED) is 0.269. The van der Waals surface area contributed by atoms with Gasteiger partial charge in [-0.2, -0.15) is 0 Å². The van der Waals surface area contributed by atoms with Crippen molar-refractivity contribution in [2.45, 2.75) is 30.0 Å². The Morgan fingerprint density at radius 2 is 1.62 bits per heavy atom. The molecule has 0 bridgehead atoms. The molecule has 0 unspecified atom stereocenters. The molecule has 208 valence electrons. The number of hydrogen-bond donors (Lipinski definition) is 1. The Morgan fingerprint density at radius 1 is 0.897 bits per heavy atom. The van der Waals surface area contributed by atoms with Gasteiger partial charge in [-0.3, -0.25) is 4.72 Å². The second kappa shape index (κ2) is 10.5. The highest BCUT2D eigenvalue weighted by molar-refractivity contribution is 7.92. The van der Waals surface area contributed by atoms with E-state index < -0.39 is 36.9 Å². The van der Waals surface area contributed by atoms with Gasteiger partial charge >= 0.3 is 6.36 Å². The first kappa shape index (κ1) is 28.3. The predicted molar refractivity (Wildman–Crippen MR) is 141 cm³/mol. The maximum absolute atomic E-state index is 13.6. The van der Waals surface area contributed by atoms with Crippen LogP contribution in [0.3, 0.4) is 0 Å². The highest BCUT2D eigenvalue weighted by atomic mass is 32.2. The van der Waals surface area contributed by atoms with Crippen LogP contribution in [0.5, 0.6) is 11.5 Å². The Hall–Kier alpha value is -3.71. The van der Waals surface area contributed by atoms with Gasteiger partial charge in [0.1, 0.15) is 11.5 Å². The molecule has 0 aliphatic carbocycles. The molecule has 0 aliphatic rings. The van der Waals surface area contributed by atoms with Gasteiger partial charge < -0.3 is 14.0 Å². The van der Waals surface area contributed by atoms with E-state index in [9.17, 15) is 30.0 Å². The fourth-order valence-corrected chi connectivity index (χ4v) is 5.71. The lowest BCUT2D eigenvalue weighted by molar-refractivity contribution is -0.274. The van der Waals surface area contributed by atoms with Crippen molar-refractivity contribution in [2.24, 2.45) is 5.92 Å². The van der Waals surface area contributed by atoms with Crippen molar-refractivity contribution >= 4 is 36.5 Å². The third-order valence-electron chi connectivity index (χ3n) is 5.38. The largest absolute Gasteiger partial charge is 0.573 e. The van der Waals surface area contributed by atoms with Crippen molar-refractivity contribution in [3.05, 3.63) is 72.9 Å². The fraction of sp³-hybridized carbons (Fsp3) is 0.231. The Morgan fingerprint density at radius 3 is 2.28 bits per heavy atom. The smallest absolute Gasteiger partial charge is 0.493 e. The summed E-state index contributed by atoms with van der Waals surface area (Å²) in [7, 11) is -7.85. The number of halogens is 3. The van der Waals surface area contributed by atoms with Crippen molar-refractivity contribution in [1.82, 2.24) is 4.57 Å². The standard InChI is InChI=1S/C26H25F3N2O6S2/c1-17(2)16-36-22-12-20(31-10-9-18-7-8-19(11-25(18)31)30-38(3,32)33)13-24(15-22)39(34,35)23-6-4-5-21(14-23)37-26(27,28)29/h4-15,17,30H,16H2,1-3H3. The van der Waals surface area contributed by atoms with Gasteiger partial charge in [0.15, 0.2) is 0 Å². The summed E-state index contributed by atoms with van der Waals surface area (Å²) in [4.78, 5) is -0.608. The average Bonchev–Trinajstić information content (AvgIpc) is 3.24. The summed E-state index contributed by atoms with van der Waals surface area (Å²) in [6.45, 7) is 4.12. The van der Waals surface area contributed by atoms with Crippen molar-refractivity contribution in [1.29, 1.82) is 0 Å². The molecule has 0 saturated carbocycles. The third kappa shape index (κ3) is 7.03. The molecule has 4 aromatic rings. The zero-order valence-electron chi connectivity index (χ0n) is 21.1. The van der Waals surface area contributed by atoms with Gasteiger partial charge in [0, 0.05) is 17.6 Å². The van der Waals surface area contributed by atoms with Crippen LogP contribution in [0.4, 0.5) is 18.9 Å². The summed E-state index contributed by atoms with van der Waals surface area (Å²) in [5, 5.41) is 0.754. The van der Waals surface area contributed by atoms with Crippen LogP contribution in [-0.4, -0.2) is 40.6 Å². The molecule has 13 heteroatoms. The number of fused-ring (bicyclic) bond motifs is 1. The van der Waals surface area contributed by atoms with Crippen molar-refractivity contribution in [3.8, 4) is 17.2 Å². The number of sulfone groups is 1. The zero-order valence-corrected chi connectivity index (χ0v) is 22.7. The summed E-state index contributed by atoms with van der Waals surface area (Å²) >= 11 is 0. The van der Waals surface area contributed by atoms with E-state index in [0.717, 1.165) is 29.8 Å². The van der Waals surface area contributed by atoms with E-state index in [4.69, 9.17) is 4.74 Å². The van der Waals surface area contributed by atoms with Gasteiger partial charge in [-0.05, 0) is 54.4 Å². The van der Waals surface area contributed by atoms with Crippen LogP contribution in [0.2, 0.25) is 0 Å². The van der Waals surface area contributed by atoms with E-state index in [0.29, 0.717) is 16.9 Å². The molecule has 1 heterocycles. The van der Waals surface area contributed by atoms with Crippen molar-refractivity contribution in [2.75, 3.05) is 17.6 Å². The van der Waals surface area contributed by atoms with Gasteiger partial charge in [0.2, 0.25) is 19.9 Å². The normalized spacial score (nSPS) is 12.6. The van der Waals surface area contributed by atoms with Crippen LogP contribution in [0.25, 0.3) is 16.6 Å². The van der Waals surface area contributed by atoms with Gasteiger partial charge in [0.05, 0.1) is 39.5 Å². The average molecular weight is 583 g/mol. The molecular weight excluding hydrogens is 557 g/mol. The molecule has 1 N–H and O–H groups in total. The minimum Gasteiger partial charge on any atom is -0.493 e. The number of sulfonamides is 1. The Balaban J connectivity index is 1.85. The first-order valence-corrected chi connectivity index (χ1v) is 15.0. The molecule has 0 aliphatic heterocycles. The number of benzene rings is 3. The summed E-state index contributed by atoms with van der Waals surface area (Å²) in [5.41, 5.74) is 1.27. The number of alkyl halides is 3. The van der Waals surface area contributed by atoms with Gasteiger partial charge in [-0.25, -0.2) is 16.8 Å². The highest BCUT2D eigenvalue weighted by Crippen LogP contribution is 2.33. The number of anilines is 1. The lowest BCUT2D eigenvalue weighted by Crippen LogP contribution is -2.17. The van der Waals surface area contributed by atoms with E-state index in [1.165, 1.54) is 18.2 Å². The lowest BCUT2D eigenvalue weighted by Gasteiger charge is -2.15. The number of hydrogen-bond acceptors (Lipinski definition) is 6. The minimum absolute atomic E-state index is 0.127. The molecule has 0 atom stereocenters. The van der Waals surface area contributed by atoms with Crippen LogP contribution in [0, 0.1) is 5.92 Å². The predicted octanol–water partition coefficient (Wildman–Crippen LogP) is 5.77. The number of nitrogens with one attached hydrogen (secondary N) is 1. The Kier molecular flexibility index (Phi) is 7.59. The fourth-order valence-electron chi connectivity index (χ4n) is 3.80. The summed E-state index contributed by atoms with van der Waals surface area (Å²) in [6.07, 6.45) is -2.28. The summed E-state index contributed by atoms with van der Waals surface area (Å²) in [5.74, 6) is -0.310. The van der Waals surface area contributed by atoms with E-state index in [2.05, 4.69) is 9.46 Å². The Bertz CT molecular complexity index is 1730. The SMILES string of the molecule is CC(C)COc1cc(-n2ccc3ccc(NS(C)(=O)=O)cc32)cc(S(=O)(=O)c2cccc(OC(F)(F)F)c2)c1. The number of rotatable bonds is 9. The topological polar surface area (TPSA) is 104 Å². The van der Waals surface area contributed by atoms with Crippen LogP contribution >= 0.6 is 0 Å². The second-order valence-corrected chi connectivity index (χ2v) is 12.9. The maximum Gasteiger partial charge on any atom is 0.573 e. The first-order chi connectivity index (χ1) is 18.1. The van der Waals surface area contributed by atoms with Crippen LogP contribution in [0.15, 0.2) is 82.7 Å². The summed E-state index contributed by atoms with van der Waals surface area (Å²) in [6, 6.07) is 15.1. The van der Waals surface area contributed by atoms with E-state index >= 15 is 0 Å². The van der Waals surface area contributed by atoms with Gasteiger partial charge in [0.25, 0.3) is 0 Å². The van der Waals surface area contributed by atoms with E-state index in [1.54, 1.807) is 41.1 Å². The van der Waals surface area contributed by atoms with Crippen LogP contribution < -0.4 is 14.2 Å². The first-order valence-electron chi connectivity index (χ1n) is 11.6. The Labute approximate surface area is 223 Å². The number of ether oxygens (including phenoxy) is 2. The molecule has 3 aromatic carbocycles.